The summed E-state index contributed by atoms with van der Waals surface area (Å²) in [5.74, 6) is -72.2. The van der Waals surface area contributed by atoms with Gasteiger partial charge in [-0.25, -0.2) is 4.39 Å². The van der Waals surface area contributed by atoms with E-state index >= 15 is 0 Å². The van der Waals surface area contributed by atoms with Crippen LogP contribution < -0.4 is 4.72 Å². The lowest BCUT2D eigenvalue weighted by molar-refractivity contribution is -0.485. The van der Waals surface area contributed by atoms with E-state index in [2.05, 4.69) is 0 Å². The maximum atomic E-state index is 14.1. The van der Waals surface area contributed by atoms with Crippen molar-refractivity contribution >= 4 is 10.4 Å². The van der Waals surface area contributed by atoms with Gasteiger partial charge in [0.05, 0.1) is 0 Å². The number of rotatable bonds is 10. The smallest absolute Gasteiger partial charge is 0.350 e. The molecule has 0 aliphatic carbocycles. The Labute approximate surface area is 196 Å². The van der Waals surface area contributed by atoms with Crippen LogP contribution in [0, 0.1) is 0 Å². The molecule has 3 N–H and O–H groups in total. The summed E-state index contributed by atoms with van der Waals surface area (Å²) in [6.07, 6.45) is -16.6. The maximum Gasteiger partial charge on any atom is 0.460 e. The summed E-state index contributed by atoms with van der Waals surface area (Å²) < 4.78 is 307. The van der Waals surface area contributed by atoms with E-state index in [4.69, 9.17) is 10.2 Å². The summed E-state index contributed by atoms with van der Waals surface area (Å²) in [5, 5.41) is 17.1. The van der Waals surface area contributed by atoms with E-state index < -0.39 is 80.5 Å². The average molecular weight is 663 g/mol. The van der Waals surface area contributed by atoms with Gasteiger partial charge in [-0.05, 0) is 0 Å². The van der Waals surface area contributed by atoms with Crippen molar-refractivity contribution in [3.8, 4) is 0 Å². The molecular formula is C11H3F22NO4S. The van der Waals surface area contributed by atoms with Gasteiger partial charge >= 0.3 is 69.9 Å². The summed E-state index contributed by atoms with van der Waals surface area (Å²) in [5.41, 5.74) is -8.71. The molecule has 0 amide bonds. The number of alkyl halides is 21. The predicted molar refractivity (Wildman–Crippen MR) is 70.9 cm³/mol. The molecule has 0 radical (unpaired) electrons. The Morgan fingerprint density at radius 3 is 0.846 bits per heavy atom. The van der Waals surface area contributed by atoms with Crippen LogP contribution in [-0.2, 0) is 10.4 Å². The molecule has 28 heteroatoms. The second kappa shape index (κ2) is 8.89. The topological polar surface area (TPSA) is 86.6 Å². The normalized spacial score (nSPS) is 18.3. The summed E-state index contributed by atoms with van der Waals surface area (Å²) in [6.45, 7) is 0. The van der Waals surface area contributed by atoms with Crippen molar-refractivity contribution in [3.05, 3.63) is 0 Å². The molecule has 1 atom stereocenters. The molecule has 0 bridgehead atoms. The van der Waals surface area contributed by atoms with E-state index in [1.807, 2.05) is 0 Å². The Balaban J connectivity index is 7.56. The summed E-state index contributed by atoms with van der Waals surface area (Å²) in [7, 11) is -7.48. The second-order valence-corrected chi connectivity index (χ2v) is 7.97. The van der Waals surface area contributed by atoms with Gasteiger partial charge in [0, 0.05) is 0 Å². The van der Waals surface area contributed by atoms with Crippen LogP contribution in [0.15, 0.2) is 0 Å². The van der Waals surface area contributed by atoms with Crippen LogP contribution >= 0.6 is 0 Å². The summed E-state index contributed by atoms with van der Waals surface area (Å²) >= 11 is 0. The van der Waals surface area contributed by atoms with Crippen LogP contribution in [0.1, 0.15) is 0 Å². The fourth-order valence-corrected chi connectivity index (χ4v) is 2.70. The fraction of sp³-hybridized carbons (Fsp3) is 1.00. The van der Waals surface area contributed by atoms with Gasteiger partial charge in [-0.2, -0.15) is 96.2 Å². The fourth-order valence-electron chi connectivity index (χ4n) is 2.22. The molecule has 39 heavy (non-hydrogen) atoms. The first-order chi connectivity index (χ1) is 16.2. The first-order valence-corrected chi connectivity index (χ1v) is 9.24. The minimum absolute atomic E-state index is 1.31. The van der Waals surface area contributed by atoms with Crippen LogP contribution in [-0.4, -0.2) is 84.0 Å². The van der Waals surface area contributed by atoms with Crippen molar-refractivity contribution < 1.29 is 115 Å². The molecule has 0 fully saturated rings. The highest BCUT2D eigenvalue weighted by atomic mass is 32.3. The number of hydrogen-bond donors (Lipinski definition) is 3. The van der Waals surface area contributed by atoms with Crippen molar-refractivity contribution in [2.24, 2.45) is 0 Å². The number of halogens is 22. The molecule has 0 aromatic heterocycles. The maximum absolute atomic E-state index is 14.1. The second-order valence-electron chi connectivity index (χ2n) is 6.89. The van der Waals surface area contributed by atoms with Gasteiger partial charge in [-0.3, -0.25) is 0 Å². The first kappa shape index (κ1) is 37.3. The average Bonchev–Trinajstić information content (AvgIpc) is 2.62. The van der Waals surface area contributed by atoms with E-state index in [-0.39, 0.29) is 0 Å². The van der Waals surface area contributed by atoms with Gasteiger partial charge in [0.15, 0.2) is 0 Å². The van der Waals surface area contributed by atoms with Gasteiger partial charge < -0.3 is 10.2 Å². The summed E-state index contributed by atoms with van der Waals surface area (Å²) in [4.78, 5) is 0. The van der Waals surface area contributed by atoms with Crippen molar-refractivity contribution in [3.63, 3.8) is 0 Å². The third-order valence-corrected chi connectivity index (χ3v) is 4.82. The van der Waals surface area contributed by atoms with Gasteiger partial charge in [0.1, 0.15) is 0 Å². The lowest BCUT2D eigenvalue weighted by Crippen LogP contribution is -2.82. The molecule has 0 saturated carbocycles. The first-order valence-electron chi connectivity index (χ1n) is 7.86. The van der Waals surface area contributed by atoms with Crippen LogP contribution in [0.5, 0.6) is 0 Å². The minimum Gasteiger partial charge on any atom is -0.350 e. The van der Waals surface area contributed by atoms with Crippen LogP contribution in [0.2, 0.25) is 0 Å². The monoisotopic (exact) mass is 663 g/mol. The molecule has 0 aromatic rings. The zero-order chi connectivity index (χ0) is 32.7. The lowest BCUT2D eigenvalue weighted by atomic mass is 9.81. The highest BCUT2D eigenvalue weighted by Crippen LogP contribution is 2.66. The van der Waals surface area contributed by atoms with E-state index in [0.717, 1.165) is 0 Å². The summed E-state index contributed by atoms with van der Waals surface area (Å²) in [6, 6.07) is 0. The molecule has 0 aliphatic rings. The van der Waals surface area contributed by atoms with Crippen LogP contribution in [0.3, 0.4) is 0 Å². The Morgan fingerprint density at radius 1 is 0.410 bits per heavy atom. The molecule has 0 aliphatic heterocycles. The standard InChI is InChI=1S/C11H3F22NO4S/c12-1(9(27,28)29,11(35,36)34-39(33,37)38)2(13,14)3(15,16)4(17,18)5(19,20)6(21,22)7(23,24)8(25,26)10(30,31)32/h34-36H. The highest BCUT2D eigenvalue weighted by Gasteiger charge is 2.99. The van der Waals surface area contributed by atoms with Crippen molar-refractivity contribution in [1.29, 1.82) is 0 Å². The number of hydrogen-bond acceptors (Lipinski definition) is 4. The highest BCUT2D eigenvalue weighted by molar-refractivity contribution is 7.84. The largest absolute Gasteiger partial charge is 0.460 e. The van der Waals surface area contributed by atoms with E-state index in [1.54, 1.807) is 0 Å². The van der Waals surface area contributed by atoms with Gasteiger partial charge in [-0.15, -0.1) is 4.72 Å². The molecule has 1 unspecified atom stereocenters. The lowest BCUT2D eigenvalue weighted by Gasteiger charge is -2.47. The third kappa shape index (κ3) is 4.80. The van der Waals surface area contributed by atoms with Crippen LogP contribution in [0.25, 0.3) is 0 Å². The van der Waals surface area contributed by atoms with E-state index in [9.17, 15) is 105 Å². The van der Waals surface area contributed by atoms with Gasteiger partial charge in [0.2, 0.25) is 0 Å². The van der Waals surface area contributed by atoms with Crippen molar-refractivity contribution in [1.82, 2.24) is 4.72 Å². The Bertz CT molecular complexity index is 1030. The molecular weight excluding hydrogens is 660 g/mol. The van der Waals surface area contributed by atoms with E-state index in [0.29, 0.717) is 0 Å². The molecule has 0 heterocycles. The Kier molecular flexibility index (Phi) is 8.50. The van der Waals surface area contributed by atoms with Crippen LogP contribution in [0.4, 0.5) is 96.1 Å². The minimum atomic E-state index is -9.55. The van der Waals surface area contributed by atoms with Gasteiger partial charge in [-0.1, -0.05) is 3.89 Å². The molecule has 0 saturated heterocycles. The third-order valence-electron chi connectivity index (χ3n) is 4.29. The molecule has 0 aromatic carbocycles. The predicted octanol–water partition coefficient (Wildman–Crippen LogP) is 4.71. The van der Waals surface area contributed by atoms with Gasteiger partial charge in [0.25, 0.3) is 5.91 Å². The Hall–Kier alpha value is -1.71. The zero-order valence-corrected chi connectivity index (χ0v) is 17.3. The number of aliphatic hydroxyl groups is 2. The SMILES string of the molecule is O=S(=O)(F)NC(O)(O)C(F)(C(F)(F)F)C(F)(F)C(F)(F)C(F)(F)C(F)(F)C(F)(F)C(F)(F)C(F)(F)C(F)(F)F. The quantitative estimate of drug-likeness (QED) is 0.180. The van der Waals surface area contributed by atoms with Crippen molar-refractivity contribution in [2.45, 2.75) is 65.4 Å². The molecule has 0 rings (SSSR count). The Morgan fingerprint density at radius 2 is 0.641 bits per heavy atom. The molecule has 5 nitrogen and oxygen atoms in total. The number of nitrogens with one attached hydrogen (secondary N) is 1. The zero-order valence-electron chi connectivity index (χ0n) is 16.4. The van der Waals surface area contributed by atoms with E-state index in [1.165, 1.54) is 0 Å². The molecule has 0 spiro atoms. The van der Waals surface area contributed by atoms with Crippen molar-refractivity contribution in [2.75, 3.05) is 0 Å². The molecule has 236 valence electrons.